The topological polar surface area (TPSA) is 67.2 Å². The van der Waals surface area contributed by atoms with Crippen LogP contribution in [0.25, 0.3) is 10.2 Å². The average molecular weight is 427 g/mol. The van der Waals surface area contributed by atoms with Crippen LogP contribution in [0.1, 0.15) is 42.6 Å². The molecule has 3 aromatic rings. The maximum Gasteiger partial charge on any atom is 0.263 e. The third-order valence-electron chi connectivity index (χ3n) is 5.16. The number of thiophene rings is 1. The number of nitrogens with one attached hydrogen (secondary N) is 1. The molecule has 0 aliphatic rings. The largest absolute Gasteiger partial charge is 0.325 e. The maximum atomic E-state index is 13.2. The second kappa shape index (κ2) is 8.32. The van der Waals surface area contributed by atoms with Gasteiger partial charge in [-0.2, -0.15) is 0 Å². The second-order valence-corrected chi connectivity index (χ2v) is 10.2. The minimum absolute atomic E-state index is 0.0501. The Morgan fingerprint density at radius 1 is 1.17 bits per heavy atom. The van der Waals surface area contributed by atoms with Gasteiger partial charge in [0.05, 0.1) is 11.9 Å². The predicted molar refractivity (Wildman–Crippen MR) is 125 cm³/mol. The first-order valence-corrected chi connectivity index (χ1v) is 10.8. The van der Waals surface area contributed by atoms with Crippen LogP contribution in [0, 0.1) is 13.8 Å². The summed E-state index contributed by atoms with van der Waals surface area (Å²) in [7, 11) is 3.84. The number of hydrogen-bond acceptors (Lipinski definition) is 5. The number of hydrogen-bond donors (Lipinski definition) is 1. The summed E-state index contributed by atoms with van der Waals surface area (Å²) in [6, 6.07) is 7.83. The predicted octanol–water partition coefficient (Wildman–Crippen LogP) is 4.07. The maximum absolute atomic E-state index is 13.2. The van der Waals surface area contributed by atoms with Gasteiger partial charge in [-0.3, -0.25) is 14.2 Å². The average Bonchev–Trinajstić information content (AvgIpc) is 2.91. The molecule has 0 unspecified atom stereocenters. The third-order valence-corrected chi connectivity index (χ3v) is 6.26. The van der Waals surface area contributed by atoms with Crippen LogP contribution in [0.3, 0.4) is 0 Å². The third kappa shape index (κ3) is 4.63. The Morgan fingerprint density at radius 2 is 1.80 bits per heavy atom. The number of amides is 1. The number of fused-ring (bicyclic) bond motifs is 1. The number of benzene rings is 1. The van der Waals surface area contributed by atoms with Crippen molar-refractivity contribution in [2.75, 3.05) is 19.4 Å². The van der Waals surface area contributed by atoms with Gasteiger partial charge in [0.2, 0.25) is 5.91 Å². The van der Waals surface area contributed by atoms with E-state index in [1.54, 1.807) is 0 Å². The molecule has 0 saturated carbocycles. The lowest BCUT2D eigenvalue weighted by atomic mass is 9.87. The monoisotopic (exact) mass is 426 g/mol. The molecular formula is C23H30N4O2S. The molecule has 0 radical (unpaired) electrons. The highest BCUT2D eigenvalue weighted by molar-refractivity contribution is 7.18. The van der Waals surface area contributed by atoms with E-state index in [2.05, 4.69) is 26.1 Å². The molecule has 0 fully saturated rings. The van der Waals surface area contributed by atoms with E-state index >= 15 is 0 Å². The van der Waals surface area contributed by atoms with E-state index in [9.17, 15) is 9.59 Å². The van der Waals surface area contributed by atoms with E-state index in [1.165, 1.54) is 21.5 Å². The lowest BCUT2D eigenvalue weighted by molar-refractivity contribution is -0.116. The van der Waals surface area contributed by atoms with E-state index < -0.39 is 0 Å². The van der Waals surface area contributed by atoms with Crippen molar-refractivity contribution in [2.24, 2.45) is 0 Å². The lowest BCUT2D eigenvalue weighted by Gasteiger charge is -2.19. The molecule has 2 heterocycles. The molecule has 1 amide bonds. The second-order valence-electron chi connectivity index (χ2n) is 9.00. The molecule has 1 aromatic carbocycles. The highest BCUT2D eigenvalue weighted by Gasteiger charge is 2.19. The molecule has 0 atom stereocenters. The molecule has 1 N–H and O–H groups in total. The quantitative estimate of drug-likeness (QED) is 0.668. The Balaban J connectivity index is 1.91. The summed E-state index contributed by atoms with van der Waals surface area (Å²) < 4.78 is 1.50. The summed E-state index contributed by atoms with van der Waals surface area (Å²) in [5.41, 5.74) is 2.75. The fourth-order valence-corrected chi connectivity index (χ4v) is 4.37. The molecule has 2 aromatic heterocycles. The van der Waals surface area contributed by atoms with E-state index in [0.29, 0.717) is 23.4 Å². The zero-order chi connectivity index (χ0) is 22.2. The van der Waals surface area contributed by atoms with Gasteiger partial charge in [-0.05, 0) is 56.6 Å². The van der Waals surface area contributed by atoms with Gasteiger partial charge in [0, 0.05) is 10.6 Å². The van der Waals surface area contributed by atoms with Crippen molar-refractivity contribution >= 4 is 33.1 Å². The van der Waals surface area contributed by atoms with Crippen molar-refractivity contribution in [3.63, 3.8) is 0 Å². The number of carbonyl (C=O) groups is 1. The Hall–Kier alpha value is -2.51. The van der Waals surface area contributed by atoms with Gasteiger partial charge in [0.1, 0.15) is 17.2 Å². The number of aryl methyl sites for hydroxylation is 2. The molecule has 0 spiro atoms. The van der Waals surface area contributed by atoms with Crippen LogP contribution in [0.2, 0.25) is 0 Å². The van der Waals surface area contributed by atoms with Crippen molar-refractivity contribution in [3.05, 3.63) is 56.4 Å². The van der Waals surface area contributed by atoms with Crippen molar-refractivity contribution in [2.45, 2.75) is 53.1 Å². The molecule has 30 heavy (non-hydrogen) atoms. The Labute approximate surface area is 181 Å². The molecule has 0 bridgehead atoms. The smallest absolute Gasteiger partial charge is 0.263 e. The first kappa shape index (κ1) is 22.2. The van der Waals surface area contributed by atoms with Gasteiger partial charge in [-0.1, -0.05) is 32.9 Å². The van der Waals surface area contributed by atoms with Gasteiger partial charge >= 0.3 is 0 Å². The van der Waals surface area contributed by atoms with E-state index in [1.807, 2.05) is 57.1 Å². The summed E-state index contributed by atoms with van der Waals surface area (Å²) in [5, 5.41) is 3.52. The van der Waals surface area contributed by atoms with Crippen molar-refractivity contribution in [1.82, 2.24) is 14.5 Å². The minimum atomic E-state index is -0.244. The van der Waals surface area contributed by atoms with Crippen LogP contribution in [0.5, 0.6) is 0 Å². The highest BCUT2D eigenvalue weighted by Crippen LogP contribution is 2.26. The summed E-state index contributed by atoms with van der Waals surface area (Å²) in [6.07, 6.45) is 0. The fraction of sp³-hybridized carbons (Fsp3) is 0.435. The van der Waals surface area contributed by atoms with Crippen LogP contribution >= 0.6 is 11.3 Å². The molecule has 0 saturated heterocycles. The SMILES string of the molecule is Cc1sc2nc(CN(C)C)n(CC(=O)Nc3ccc(C(C)(C)C)cc3)c(=O)c2c1C. The molecule has 0 aliphatic heterocycles. The number of nitrogens with zero attached hydrogens (tertiary/aromatic N) is 3. The van der Waals surface area contributed by atoms with E-state index in [4.69, 9.17) is 4.98 Å². The normalized spacial score (nSPS) is 12.0. The van der Waals surface area contributed by atoms with Crippen LogP contribution < -0.4 is 10.9 Å². The standard InChI is InChI=1S/C23H30N4O2S/c1-14-15(2)30-21-20(14)22(29)27(18(25-21)12-26(6)7)13-19(28)24-17-10-8-16(9-11-17)23(3,4)5/h8-11H,12-13H2,1-7H3,(H,24,28). The molecular weight excluding hydrogens is 396 g/mol. The van der Waals surface area contributed by atoms with Crippen LogP contribution in [0.15, 0.2) is 29.1 Å². The molecule has 7 heteroatoms. The van der Waals surface area contributed by atoms with Gasteiger partial charge < -0.3 is 10.2 Å². The zero-order valence-corrected chi connectivity index (χ0v) is 19.6. The van der Waals surface area contributed by atoms with Crippen molar-refractivity contribution in [1.29, 1.82) is 0 Å². The van der Waals surface area contributed by atoms with Crippen LogP contribution in [-0.2, 0) is 23.3 Å². The fourth-order valence-electron chi connectivity index (χ4n) is 3.33. The zero-order valence-electron chi connectivity index (χ0n) is 18.8. The minimum Gasteiger partial charge on any atom is -0.325 e. The summed E-state index contributed by atoms with van der Waals surface area (Å²) in [4.78, 5) is 34.5. The van der Waals surface area contributed by atoms with Gasteiger partial charge in [0.25, 0.3) is 5.56 Å². The number of aromatic nitrogens is 2. The molecule has 3 rings (SSSR count). The lowest BCUT2D eigenvalue weighted by Crippen LogP contribution is -2.32. The summed E-state index contributed by atoms with van der Waals surface area (Å²) in [6.45, 7) is 10.8. The van der Waals surface area contributed by atoms with Gasteiger partial charge in [0.15, 0.2) is 0 Å². The van der Waals surface area contributed by atoms with Crippen molar-refractivity contribution in [3.8, 4) is 0 Å². The van der Waals surface area contributed by atoms with Gasteiger partial charge in [-0.15, -0.1) is 11.3 Å². The Kier molecular flexibility index (Phi) is 6.15. The number of rotatable bonds is 5. The van der Waals surface area contributed by atoms with Gasteiger partial charge in [-0.25, -0.2) is 4.98 Å². The van der Waals surface area contributed by atoms with Crippen LogP contribution in [0.4, 0.5) is 5.69 Å². The number of anilines is 1. The van der Waals surface area contributed by atoms with Crippen LogP contribution in [-0.4, -0.2) is 34.5 Å². The highest BCUT2D eigenvalue weighted by atomic mass is 32.1. The Bertz CT molecular complexity index is 1140. The first-order chi connectivity index (χ1) is 14.0. The first-order valence-electron chi connectivity index (χ1n) is 10.0. The summed E-state index contributed by atoms with van der Waals surface area (Å²) in [5.74, 6) is 0.350. The molecule has 160 valence electrons. The van der Waals surface area contributed by atoms with Crippen molar-refractivity contribution < 1.29 is 4.79 Å². The summed E-state index contributed by atoms with van der Waals surface area (Å²) >= 11 is 1.52. The van der Waals surface area contributed by atoms with E-state index in [-0.39, 0.29) is 23.4 Å². The number of carbonyl (C=O) groups excluding carboxylic acids is 1. The van der Waals surface area contributed by atoms with E-state index in [0.717, 1.165) is 15.3 Å². The Morgan fingerprint density at radius 3 is 2.37 bits per heavy atom. The molecule has 0 aliphatic carbocycles. The molecule has 6 nitrogen and oxygen atoms in total.